The van der Waals surface area contributed by atoms with Crippen LogP contribution in [-0.2, 0) is 4.79 Å². The zero-order chi connectivity index (χ0) is 20.6. The Kier molecular flexibility index (Phi) is 6.81. The van der Waals surface area contributed by atoms with E-state index in [1.807, 2.05) is 36.6 Å². The van der Waals surface area contributed by atoms with Gasteiger partial charge in [-0.2, -0.15) is 0 Å². The minimum Gasteiger partial charge on any atom is -0.321 e. The molecule has 0 aliphatic heterocycles. The normalized spacial score (nSPS) is 11.0. The Bertz CT molecular complexity index is 1020. The van der Waals surface area contributed by atoms with E-state index in [2.05, 4.69) is 10.6 Å². The Labute approximate surface area is 172 Å². The summed E-state index contributed by atoms with van der Waals surface area (Å²) in [5, 5.41) is 5.35. The lowest BCUT2D eigenvalue weighted by Gasteiger charge is -2.11. The van der Waals surface area contributed by atoms with Crippen molar-refractivity contribution in [1.82, 2.24) is 5.32 Å². The van der Waals surface area contributed by atoms with Gasteiger partial charge >= 0.3 is 0 Å². The lowest BCUT2D eigenvalue weighted by Crippen LogP contribution is -2.30. The third kappa shape index (κ3) is 5.80. The molecule has 0 fully saturated rings. The molecule has 0 aromatic heterocycles. The van der Waals surface area contributed by atoms with Gasteiger partial charge in [-0.15, -0.1) is 11.8 Å². The summed E-state index contributed by atoms with van der Waals surface area (Å²) in [6.45, 7) is 0. The van der Waals surface area contributed by atoms with Crippen LogP contribution in [0.2, 0.25) is 0 Å². The van der Waals surface area contributed by atoms with Crippen LogP contribution >= 0.6 is 11.8 Å². The molecule has 0 saturated heterocycles. The molecule has 3 aromatic carbocycles. The molecule has 29 heavy (non-hydrogen) atoms. The summed E-state index contributed by atoms with van der Waals surface area (Å²) < 4.78 is 13.1. The number of rotatable bonds is 6. The number of thioether (sulfide) groups is 1. The number of halogens is 1. The minimum atomic E-state index is -0.505. The molecule has 0 heterocycles. The molecule has 2 N–H and O–H groups in total. The third-order valence-corrected chi connectivity index (χ3v) is 4.80. The van der Waals surface area contributed by atoms with E-state index in [-0.39, 0.29) is 5.70 Å². The predicted octanol–water partition coefficient (Wildman–Crippen LogP) is 4.96. The zero-order valence-corrected chi connectivity index (χ0v) is 16.5. The van der Waals surface area contributed by atoms with Crippen LogP contribution in [0, 0.1) is 5.82 Å². The van der Waals surface area contributed by atoms with Crippen molar-refractivity contribution in [3.05, 3.63) is 102 Å². The first kappa shape index (κ1) is 20.4. The molecule has 6 heteroatoms. The molecule has 3 aromatic rings. The van der Waals surface area contributed by atoms with Gasteiger partial charge in [-0.05, 0) is 66.4 Å². The Morgan fingerprint density at radius 1 is 0.897 bits per heavy atom. The first-order chi connectivity index (χ1) is 14.0. The summed E-state index contributed by atoms with van der Waals surface area (Å²) in [6.07, 6.45) is 3.58. The number of carbonyl (C=O) groups excluding carboxylic acids is 2. The smallest absolute Gasteiger partial charge is 0.272 e. The number of amides is 2. The maximum atomic E-state index is 13.1. The predicted molar refractivity (Wildman–Crippen MR) is 115 cm³/mol. The highest BCUT2D eigenvalue weighted by atomic mass is 32.2. The maximum absolute atomic E-state index is 13.1. The van der Waals surface area contributed by atoms with E-state index < -0.39 is 17.6 Å². The van der Waals surface area contributed by atoms with Crippen molar-refractivity contribution in [1.29, 1.82) is 0 Å². The number of hydrogen-bond donors (Lipinski definition) is 2. The average Bonchev–Trinajstić information content (AvgIpc) is 2.76. The Morgan fingerprint density at radius 3 is 2.17 bits per heavy atom. The molecule has 0 spiro atoms. The van der Waals surface area contributed by atoms with E-state index >= 15 is 0 Å². The van der Waals surface area contributed by atoms with E-state index in [9.17, 15) is 14.0 Å². The SMILES string of the molecule is CSc1ccc(C=C(NC(=O)c2ccccc2)C(=O)Nc2ccc(F)cc2)cc1. The van der Waals surface area contributed by atoms with Crippen LogP contribution in [0.1, 0.15) is 15.9 Å². The van der Waals surface area contributed by atoms with Gasteiger partial charge in [-0.3, -0.25) is 9.59 Å². The van der Waals surface area contributed by atoms with Crippen molar-refractivity contribution in [2.45, 2.75) is 4.90 Å². The van der Waals surface area contributed by atoms with E-state index in [1.165, 1.54) is 24.3 Å². The van der Waals surface area contributed by atoms with Gasteiger partial charge in [0.25, 0.3) is 11.8 Å². The molecule has 0 atom stereocenters. The van der Waals surface area contributed by atoms with Crippen molar-refractivity contribution in [2.24, 2.45) is 0 Å². The summed E-state index contributed by atoms with van der Waals surface area (Å²) in [7, 11) is 0. The molecular formula is C23H19FN2O2S. The number of benzene rings is 3. The topological polar surface area (TPSA) is 58.2 Å². The second kappa shape index (κ2) is 9.71. The van der Waals surface area contributed by atoms with Crippen molar-refractivity contribution in [3.8, 4) is 0 Å². The van der Waals surface area contributed by atoms with E-state index in [4.69, 9.17) is 0 Å². The van der Waals surface area contributed by atoms with Crippen LogP contribution < -0.4 is 10.6 Å². The van der Waals surface area contributed by atoms with Crippen LogP contribution in [0.4, 0.5) is 10.1 Å². The van der Waals surface area contributed by atoms with Gasteiger partial charge in [0, 0.05) is 16.1 Å². The summed E-state index contributed by atoms with van der Waals surface area (Å²) >= 11 is 1.61. The number of hydrogen-bond acceptors (Lipinski definition) is 3. The molecule has 0 aliphatic rings. The van der Waals surface area contributed by atoms with Crippen LogP contribution in [-0.4, -0.2) is 18.1 Å². The molecule has 0 unspecified atom stereocenters. The molecule has 0 bridgehead atoms. The number of anilines is 1. The molecule has 146 valence electrons. The molecule has 4 nitrogen and oxygen atoms in total. The van der Waals surface area contributed by atoms with Crippen molar-refractivity contribution < 1.29 is 14.0 Å². The monoisotopic (exact) mass is 406 g/mol. The molecule has 0 saturated carbocycles. The molecule has 0 radical (unpaired) electrons. The fourth-order valence-corrected chi connectivity index (χ4v) is 2.95. The highest BCUT2D eigenvalue weighted by Gasteiger charge is 2.15. The van der Waals surface area contributed by atoms with Gasteiger partial charge in [0.05, 0.1) is 0 Å². The Balaban J connectivity index is 1.86. The standard InChI is InChI=1S/C23H19FN2O2S/c1-29-20-13-7-16(8-14-20)15-21(26-22(27)17-5-3-2-4-6-17)23(28)25-19-11-9-18(24)10-12-19/h2-15H,1H3,(H,25,28)(H,26,27). The number of carbonyl (C=O) groups is 2. The first-order valence-corrected chi connectivity index (χ1v) is 10.1. The summed E-state index contributed by atoms with van der Waals surface area (Å²) in [4.78, 5) is 26.5. The molecule has 3 rings (SSSR count). The fraction of sp³-hybridized carbons (Fsp3) is 0.0435. The second-order valence-electron chi connectivity index (χ2n) is 6.11. The van der Waals surface area contributed by atoms with Crippen molar-refractivity contribution in [2.75, 3.05) is 11.6 Å². The second-order valence-corrected chi connectivity index (χ2v) is 6.99. The third-order valence-electron chi connectivity index (χ3n) is 4.06. The minimum absolute atomic E-state index is 0.0834. The maximum Gasteiger partial charge on any atom is 0.272 e. The number of nitrogens with one attached hydrogen (secondary N) is 2. The molecule has 2 amide bonds. The van der Waals surface area contributed by atoms with Crippen LogP contribution in [0.5, 0.6) is 0 Å². The Hall–Kier alpha value is -3.38. The summed E-state index contributed by atoms with van der Waals surface area (Å²) in [5.41, 5.74) is 1.71. The van der Waals surface area contributed by atoms with Gasteiger partial charge in [-0.1, -0.05) is 30.3 Å². The lowest BCUT2D eigenvalue weighted by atomic mass is 10.1. The van der Waals surface area contributed by atoms with Crippen molar-refractivity contribution >= 4 is 35.3 Å². The lowest BCUT2D eigenvalue weighted by molar-refractivity contribution is -0.113. The van der Waals surface area contributed by atoms with Crippen LogP contribution in [0.3, 0.4) is 0 Å². The van der Waals surface area contributed by atoms with Crippen molar-refractivity contribution in [3.63, 3.8) is 0 Å². The highest BCUT2D eigenvalue weighted by Crippen LogP contribution is 2.17. The highest BCUT2D eigenvalue weighted by molar-refractivity contribution is 7.98. The molecular weight excluding hydrogens is 387 g/mol. The van der Waals surface area contributed by atoms with Gasteiger partial charge in [0.1, 0.15) is 11.5 Å². The van der Waals surface area contributed by atoms with Crippen LogP contribution in [0.25, 0.3) is 6.08 Å². The van der Waals surface area contributed by atoms with Gasteiger partial charge in [-0.25, -0.2) is 4.39 Å². The quantitative estimate of drug-likeness (QED) is 0.449. The average molecular weight is 406 g/mol. The van der Waals surface area contributed by atoms with E-state index in [1.54, 1.807) is 42.1 Å². The Morgan fingerprint density at radius 2 is 1.55 bits per heavy atom. The van der Waals surface area contributed by atoms with Crippen LogP contribution in [0.15, 0.2) is 89.5 Å². The fourth-order valence-electron chi connectivity index (χ4n) is 2.54. The van der Waals surface area contributed by atoms with Gasteiger partial charge in [0.2, 0.25) is 0 Å². The van der Waals surface area contributed by atoms with Gasteiger partial charge < -0.3 is 10.6 Å². The van der Waals surface area contributed by atoms with Gasteiger partial charge in [0.15, 0.2) is 0 Å². The summed E-state index contributed by atoms with van der Waals surface area (Å²) in [6, 6.07) is 21.7. The zero-order valence-electron chi connectivity index (χ0n) is 15.7. The van der Waals surface area contributed by atoms with E-state index in [0.29, 0.717) is 11.3 Å². The summed E-state index contributed by atoms with van der Waals surface area (Å²) in [5.74, 6) is -1.30. The molecule has 0 aliphatic carbocycles. The first-order valence-electron chi connectivity index (χ1n) is 8.84. The van der Waals surface area contributed by atoms with E-state index in [0.717, 1.165) is 10.5 Å². The largest absolute Gasteiger partial charge is 0.321 e.